The van der Waals surface area contributed by atoms with Crippen LogP contribution in [0.4, 0.5) is 5.69 Å². The number of benzene rings is 1. The fourth-order valence-electron chi connectivity index (χ4n) is 3.63. The normalized spacial score (nSPS) is 28.0. The lowest BCUT2D eigenvalue weighted by Crippen LogP contribution is -2.51. The highest BCUT2D eigenvalue weighted by atomic mass is 15.2. The van der Waals surface area contributed by atoms with Gasteiger partial charge in [0.15, 0.2) is 0 Å². The Labute approximate surface area is 110 Å². The summed E-state index contributed by atoms with van der Waals surface area (Å²) in [5, 5.41) is 0. The third kappa shape index (κ3) is 2.14. The first kappa shape index (κ1) is 12.0. The molecular formula is C16H24N2. The molecule has 2 nitrogen and oxygen atoms in total. The van der Waals surface area contributed by atoms with E-state index in [2.05, 4.69) is 30.0 Å². The smallest absolute Gasteiger partial charge is 0.0441 e. The summed E-state index contributed by atoms with van der Waals surface area (Å²) in [6.45, 7) is 3.37. The van der Waals surface area contributed by atoms with Gasteiger partial charge < -0.3 is 10.6 Å². The number of anilines is 1. The number of fused-ring (bicyclic) bond motifs is 1. The van der Waals surface area contributed by atoms with E-state index in [9.17, 15) is 0 Å². The van der Waals surface area contributed by atoms with Gasteiger partial charge in [-0.3, -0.25) is 0 Å². The summed E-state index contributed by atoms with van der Waals surface area (Å²) in [5.74, 6) is 0. The van der Waals surface area contributed by atoms with Gasteiger partial charge in [-0.05, 0) is 44.2 Å². The molecule has 0 spiro atoms. The van der Waals surface area contributed by atoms with Crippen LogP contribution in [0.15, 0.2) is 18.2 Å². The maximum absolute atomic E-state index is 6.36. The highest BCUT2D eigenvalue weighted by molar-refractivity contribution is 5.57. The quantitative estimate of drug-likeness (QED) is 0.823. The molecule has 1 aromatic rings. The van der Waals surface area contributed by atoms with Gasteiger partial charge in [0.2, 0.25) is 0 Å². The molecule has 18 heavy (non-hydrogen) atoms. The van der Waals surface area contributed by atoms with Crippen LogP contribution >= 0.6 is 0 Å². The topological polar surface area (TPSA) is 29.3 Å². The van der Waals surface area contributed by atoms with E-state index in [0.717, 1.165) is 0 Å². The van der Waals surface area contributed by atoms with Gasteiger partial charge in [-0.15, -0.1) is 0 Å². The molecule has 3 rings (SSSR count). The molecule has 1 saturated carbocycles. The van der Waals surface area contributed by atoms with Crippen LogP contribution in [0.2, 0.25) is 0 Å². The Kier molecular flexibility index (Phi) is 3.29. The molecule has 1 aromatic carbocycles. The van der Waals surface area contributed by atoms with Gasteiger partial charge in [0.1, 0.15) is 0 Å². The second-order valence-electron chi connectivity index (χ2n) is 5.94. The van der Waals surface area contributed by atoms with Crippen molar-refractivity contribution >= 4 is 5.69 Å². The number of nitrogens with zero attached hydrogens (tertiary/aromatic N) is 1. The molecule has 1 aliphatic carbocycles. The van der Waals surface area contributed by atoms with Crippen LogP contribution in [-0.4, -0.2) is 18.6 Å². The number of hydrogen-bond acceptors (Lipinski definition) is 2. The molecule has 0 bridgehead atoms. The fourth-order valence-corrected chi connectivity index (χ4v) is 3.63. The molecule has 0 saturated heterocycles. The predicted molar refractivity (Wildman–Crippen MR) is 77.1 cm³/mol. The third-order valence-electron chi connectivity index (χ3n) is 4.57. The number of hydrogen-bond donors (Lipinski definition) is 1. The Morgan fingerprint density at radius 1 is 1.17 bits per heavy atom. The van der Waals surface area contributed by atoms with Crippen molar-refractivity contribution in [2.24, 2.45) is 5.73 Å². The van der Waals surface area contributed by atoms with Gasteiger partial charge >= 0.3 is 0 Å². The van der Waals surface area contributed by atoms with E-state index in [0.29, 0.717) is 12.1 Å². The Bertz CT molecular complexity index is 427. The Morgan fingerprint density at radius 3 is 2.83 bits per heavy atom. The van der Waals surface area contributed by atoms with Crippen LogP contribution in [-0.2, 0) is 6.42 Å². The zero-order valence-electron chi connectivity index (χ0n) is 11.4. The minimum atomic E-state index is 0.367. The molecule has 1 heterocycles. The largest absolute Gasteiger partial charge is 0.367 e. The molecule has 1 fully saturated rings. The van der Waals surface area contributed by atoms with E-state index in [4.69, 9.17) is 5.73 Å². The molecule has 2 heteroatoms. The first-order valence-electron chi connectivity index (χ1n) is 7.37. The van der Waals surface area contributed by atoms with Crippen LogP contribution in [0.3, 0.4) is 0 Å². The van der Waals surface area contributed by atoms with Crippen molar-refractivity contribution < 1.29 is 0 Å². The minimum absolute atomic E-state index is 0.367. The van der Waals surface area contributed by atoms with Crippen molar-refractivity contribution in [3.8, 4) is 0 Å². The molecule has 2 atom stereocenters. The van der Waals surface area contributed by atoms with Gasteiger partial charge in [0.05, 0.1) is 0 Å². The van der Waals surface area contributed by atoms with Gasteiger partial charge in [0.25, 0.3) is 0 Å². The van der Waals surface area contributed by atoms with Crippen LogP contribution in [0, 0.1) is 6.92 Å². The van der Waals surface area contributed by atoms with E-state index >= 15 is 0 Å². The first-order valence-corrected chi connectivity index (χ1v) is 7.37. The maximum atomic E-state index is 6.36. The van der Waals surface area contributed by atoms with Gasteiger partial charge in [0, 0.05) is 24.3 Å². The summed E-state index contributed by atoms with van der Waals surface area (Å²) in [5.41, 5.74) is 10.7. The molecule has 0 radical (unpaired) electrons. The molecule has 2 N–H and O–H groups in total. The highest BCUT2D eigenvalue weighted by Gasteiger charge is 2.30. The highest BCUT2D eigenvalue weighted by Crippen LogP contribution is 2.33. The lowest BCUT2D eigenvalue weighted by molar-refractivity contribution is 0.359. The van der Waals surface area contributed by atoms with Crippen molar-refractivity contribution in [2.75, 3.05) is 11.4 Å². The zero-order chi connectivity index (χ0) is 12.5. The van der Waals surface area contributed by atoms with Crippen molar-refractivity contribution in [2.45, 2.75) is 57.5 Å². The van der Waals surface area contributed by atoms with Gasteiger partial charge in [-0.1, -0.05) is 30.5 Å². The fraction of sp³-hybridized carbons (Fsp3) is 0.625. The van der Waals surface area contributed by atoms with Crippen molar-refractivity contribution in [1.29, 1.82) is 0 Å². The van der Waals surface area contributed by atoms with Crippen LogP contribution in [0.5, 0.6) is 0 Å². The molecule has 0 amide bonds. The van der Waals surface area contributed by atoms with Crippen LogP contribution in [0.1, 0.15) is 43.2 Å². The van der Waals surface area contributed by atoms with Gasteiger partial charge in [-0.25, -0.2) is 0 Å². The Balaban J connectivity index is 1.90. The molecule has 0 aromatic heterocycles. The summed E-state index contributed by atoms with van der Waals surface area (Å²) in [6.07, 6.45) is 7.63. The van der Waals surface area contributed by atoms with Crippen molar-refractivity contribution in [1.82, 2.24) is 0 Å². The SMILES string of the molecule is Cc1ccc2c(c1)CCCN2C1CCCCC1N. The molecule has 1 aliphatic heterocycles. The molecular weight excluding hydrogens is 220 g/mol. The lowest BCUT2D eigenvalue weighted by atomic mass is 9.87. The molecule has 98 valence electrons. The standard InChI is InChI=1S/C16H24N2/c1-12-8-9-15-13(11-12)5-4-10-18(15)16-7-3-2-6-14(16)17/h8-9,11,14,16H,2-7,10,17H2,1H3. The van der Waals surface area contributed by atoms with Crippen LogP contribution < -0.4 is 10.6 Å². The average Bonchev–Trinajstić information content (AvgIpc) is 2.38. The number of nitrogens with two attached hydrogens (primary N) is 1. The van der Waals surface area contributed by atoms with E-state index in [1.54, 1.807) is 0 Å². The third-order valence-corrected chi connectivity index (χ3v) is 4.57. The van der Waals surface area contributed by atoms with E-state index in [1.165, 1.54) is 61.9 Å². The maximum Gasteiger partial charge on any atom is 0.0441 e. The first-order chi connectivity index (χ1) is 8.75. The Morgan fingerprint density at radius 2 is 2.00 bits per heavy atom. The summed E-state index contributed by atoms with van der Waals surface area (Å²) >= 11 is 0. The van der Waals surface area contributed by atoms with Gasteiger partial charge in [-0.2, -0.15) is 0 Å². The predicted octanol–water partition coefficient (Wildman–Crippen LogP) is 3.02. The summed E-state index contributed by atoms with van der Waals surface area (Å²) in [6, 6.07) is 7.85. The van der Waals surface area contributed by atoms with E-state index in [-0.39, 0.29) is 0 Å². The molecule has 2 unspecified atom stereocenters. The number of rotatable bonds is 1. The molecule has 2 aliphatic rings. The van der Waals surface area contributed by atoms with Crippen molar-refractivity contribution in [3.05, 3.63) is 29.3 Å². The monoisotopic (exact) mass is 244 g/mol. The Hall–Kier alpha value is -1.02. The van der Waals surface area contributed by atoms with E-state index in [1.807, 2.05) is 0 Å². The lowest BCUT2D eigenvalue weighted by Gasteiger charge is -2.43. The van der Waals surface area contributed by atoms with Crippen molar-refractivity contribution in [3.63, 3.8) is 0 Å². The average molecular weight is 244 g/mol. The summed E-state index contributed by atoms with van der Waals surface area (Å²) in [7, 11) is 0. The van der Waals surface area contributed by atoms with E-state index < -0.39 is 0 Å². The number of aryl methyl sites for hydroxylation is 2. The second kappa shape index (κ2) is 4.93. The van der Waals surface area contributed by atoms with Crippen LogP contribution in [0.25, 0.3) is 0 Å². The summed E-state index contributed by atoms with van der Waals surface area (Å²) in [4.78, 5) is 2.60. The summed E-state index contributed by atoms with van der Waals surface area (Å²) < 4.78 is 0. The zero-order valence-corrected chi connectivity index (χ0v) is 11.4. The second-order valence-corrected chi connectivity index (χ2v) is 5.94. The minimum Gasteiger partial charge on any atom is -0.367 e.